The van der Waals surface area contributed by atoms with Crippen LogP contribution >= 0.6 is 0 Å². The van der Waals surface area contributed by atoms with E-state index in [1.807, 2.05) is 36.4 Å². The van der Waals surface area contributed by atoms with Crippen LogP contribution in [-0.2, 0) is 0 Å². The second-order valence-electron chi connectivity index (χ2n) is 10.7. The Morgan fingerprint density at radius 1 is 0.455 bits per heavy atom. The van der Waals surface area contributed by atoms with E-state index >= 15 is 0 Å². The molecule has 5 heteroatoms. The molecule has 2 aromatic heterocycles. The number of benzene rings is 6. The molecule has 6 aromatic carbocycles. The normalized spacial score (nSPS) is 11.1. The summed E-state index contributed by atoms with van der Waals surface area (Å²) in [5, 5.41) is 34.0. The molecule has 5 nitrogen and oxygen atoms in total. The van der Waals surface area contributed by atoms with Gasteiger partial charge in [-0.2, -0.15) is 15.8 Å². The smallest absolute Gasteiger partial charge is 0.0999 e. The van der Waals surface area contributed by atoms with Crippen LogP contribution in [0.1, 0.15) is 16.7 Å². The maximum Gasteiger partial charge on any atom is 0.0999 e. The van der Waals surface area contributed by atoms with E-state index < -0.39 is 0 Å². The Hall–Kier alpha value is -6.61. The summed E-state index contributed by atoms with van der Waals surface area (Å²) < 4.78 is 4.61. The number of nitrogens with zero attached hydrogens (tertiary/aromatic N) is 5. The molecule has 0 aliphatic heterocycles. The Kier molecular flexibility index (Phi) is 5.56. The second kappa shape index (κ2) is 9.74. The van der Waals surface area contributed by atoms with Gasteiger partial charge in [-0.3, -0.25) is 0 Å². The molecule has 44 heavy (non-hydrogen) atoms. The summed E-state index contributed by atoms with van der Waals surface area (Å²) in [6.45, 7) is 0. The van der Waals surface area contributed by atoms with Crippen LogP contribution in [0.15, 0.2) is 127 Å². The molecule has 0 spiro atoms. The first-order valence-electron chi connectivity index (χ1n) is 14.2. The highest BCUT2D eigenvalue weighted by Gasteiger charge is 2.21. The van der Waals surface area contributed by atoms with Crippen LogP contribution in [0.3, 0.4) is 0 Å². The van der Waals surface area contributed by atoms with E-state index in [0.717, 1.165) is 49.8 Å². The van der Waals surface area contributed by atoms with Crippen molar-refractivity contribution in [3.63, 3.8) is 0 Å². The molecule has 0 bridgehead atoms. The fraction of sp³-hybridized carbons (Fsp3) is 0. The molecule has 8 rings (SSSR count). The number of hydrogen-bond acceptors (Lipinski definition) is 3. The highest BCUT2D eigenvalue weighted by Crippen LogP contribution is 2.42. The van der Waals surface area contributed by atoms with Crippen molar-refractivity contribution in [2.24, 2.45) is 0 Å². The molecule has 0 amide bonds. The van der Waals surface area contributed by atoms with Crippen molar-refractivity contribution in [3.8, 4) is 40.7 Å². The molecular formula is C39H21N5. The van der Waals surface area contributed by atoms with Gasteiger partial charge in [0.1, 0.15) is 0 Å². The molecule has 8 aromatic rings. The molecule has 0 saturated carbocycles. The van der Waals surface area contributed by atoms with Crippen LogP contribution in [0.5, 0.6) is 0 Å². The topological polar surface area (TPSA) is 81.2 Å². The van der Waals surface area contributed by atoms with Crippen molar-refractivity contribution in [1.82, 2.24) is 9.13 Å². The Morgan fingerprint density at radius 3 is 1.80 bits per heavy atom. The third-order valence-corrected chi connectivity index (χ3v) is 8.39. The predicted octanol–water partition coefficient (Wildman–Crippen LogP) is 9.16. The quantitative estimate of drug-likeness (QED) is 0.216. The van der Waals surface area contributed by atoms with Crippen LogP contribution in [-0.4, -0.2) is 9.13 Å². The van der Waals surface area contributed by atoms with Crippen LogP contribution < -0.4 is 0 Å². The van der Waals surface area contributed by atoms with Gasteiger partial charge in [0.2, 0.25) is 0 Å². The minimum atomic E-state index is 0.290. The largest absolute Gasteiger partial charge is 0.309 e. The monoisotopic (exact) mass is 559 g/mol. The fourth-order valence-electron chi connectivity index (χ4n) is 6.63. The minimum absolute atomic E-state index is 0.290. The molecule has 0 aliphatic carbocycles. The zero-order valence-electron chi connectivity index (χ0n) is 23.4. The number of aromatic nitrogens is 2. The van der Waals surface area contributed by atoms with Gasteiger partial charge in [0, 0.05) is 38.5 Å². The highest BCUT2D eigenvalue weighted by atomic mass is 15.0. The molecule has 0 unspecified atom stereocenters. The summed E-state index contributed by atoms with van der Waals surface area (Å²) in [7, 11) is 0. The Labute approximate surface area is 252 Å². The van der Waals surface area contributed by atoms with E-state index in [0.29, 0.717) is 22.3 Å². The SMILES string of the molecule is N#Cc1cc(C#N)c(-c2cccc(-n3c4ccccc4c4c3ccc3c5ccccc5n(-c5ccccc5)c34)c2)c(C#N)c1. The lowest BCUT2D eigenvalue weighted by atomic mass is 9.93. The zero-order chi connectivity index (χ0) is 29.8. The van der Waals surface area contributed by atoms with Gasteiger partial charge in [-0.15, -0.1) is 0 Å². The van der Waals surface area contributed by atoms with Crippen molar-refractivity contribution in [3.05, 3.63) is 144 Å². The maximum atomic E-state index is 9.96. The summed E-state index contributed by atoms with van der Waals surface area (Å²) in [6.07, 6.45) is 0. The molecule has 0 aliphatic rings. The van der Waals surface area contributed by atoms with E-state index in [2.05, 4.69) is 106 Å². The summed E-state index contributed by atoms with van der Waals surface area (Å²) in [5.41, 5.74) is 8.57. The van der Waals surface area contributed by atoms with Gasteiger partial charge in [-0.1, -0.05) is 72.8 Å². The number of hydrogen-bond donors (Lipinski definition) is 0. The van der Waals surface area contributed by atoms with Crippen LogP contribution in [0.4, 0.5) is 0 Å². The number of rotatable bonds is 3. The van der Waals surface area contributed by atoms with Gasteiger partial charge < -0.3 is 9.13 Å². The van der Waals surface area contributed by atoms with Gasteiger partial charge in [0.25, 0.3) is 0 Å². The first-order chi connectivity index (χ1) is 21.7. The molecule has 0 saturated heterocycles. The summed E-state index contributed by atoms with van der Waals surface area (Å²) in [4.78, 5) is 0. The van der Waals surface area contributed by atoms with Crippen LogP contribution in [0.2, 0.25) is 0 Å². The Bertz CT molecular complexity index is 2550. The van der Waals surface area contributed by atoms with Crippen molar-refractivity contribution < 1.29 is 0 Å². The third-order valence-electron chi connectivity index (χ3n) is 8.39. The second-order valence-corrected chi connectivity index (χ2v) is 10.7. The highest BCUT2D eigenvalue weighted by molar-refractivity contribution is 6.26. The molecule has 0 N–H and O–H groups in total. The van der Waals surface area contributed by atoms with Crippen molar-refractivity contribution in [2.75, 3.05) is 0 Å². The van der Waals surface area contributed by atoms with Gasteiger partial charge in [-0.05, 0) is 60.2 Å². The standard InChI is InChI=1S/C39H21N5/c40-22-25-19-27(23-41)37(28(20-25)24-42)26-9-8-12-30(21-26)43-35-16-7-5-14-33(35)38-36(43)18-17-32-31-13-4-6-15-34(31)44(39(32)38)29-10-2-1-3-11-29/h1-21H. The lowest BCUT2D eigenvalue weighted by molar-refractivity contribution is 1.17. The average Bonchev–Trinajstić information content (AvgIpc) is 3.61. The molecule has 0 atom stereocenters. The fourth-order valence-corrected chi connectivity index (χ4v) is 6.63. The maximum absolute atomic E-state index is 9.96. The van der Waals surface area contributed by atoms with Gasteiger partial charge in [0.15, 0.2) is 0 Å². The van der Waals surface area contributed by atoms with Gasteiger partial charge >= 0.3 is 0 Å². The molecule has 202 valence electrons. The molecule has 0 radical (unpaired) electrons. The molecule has 0 fully saturated rings. The minimum Gasteiger partial charge on any atom is -0.309 e. The first kappa shape index (κ1) is 25.1. The van der Waals surface area contributed by atoms with E-state index in [-0.39, 0.29) is 0 Å². The molecular weight excluding hydrogens is 538 g/mol. The Morgan fingerprint density at radius 2 is 1.09 bits per heavy atom. The zero-order valence-corrected chi connectivity index (χ0v) is 23.4. The van der Waals surface area contributed by atoms with E-state index in [1.54, 1.807) is 12.1 Å². The van der Waals surface area contributed by atoms with E-state index in [1.165, 1.54) is 10.8 Å². The lowest BCUT2D eigenvalue weighted by Crippen LogP contribution is -1.97. The third kappa shape index (κ3) is 3.56. The summed E-state index contributed by atoms with van der Waals surface area (Å²) in [6, 6.07) is 49.3. The van der Waals surface area contributed by atoms with Crippen molar-refractivity contribution >= 4 is 43.6 Å². The molecule has 2 heterocycles. The van der Waals surface area contributed by atoms with Crippen LogP contribution in [0.25, 0.3) is 66.1 Å². The average molecular weight is 560 g/mol. The number of fused-ring (bicyclic) bond motifs is 7. The predicted molar refractivity (Wildman–Crippen MR) is 175 cm³/mol. The summed E-state index contributed by atoms with van der Waals surface area (Å²) in [5.74, 6) is 0. The van der Waals surface area contributed by atoms with Crippen molar-refractivity contribution in [2.45, 2.75) is 0 Å². The van der Waals surface area contributed by atoms with E-state index in [4.69, 9.17) is 0 Å². The van der Waals surface area contributed by atoms with Crippen LogP contribution in [0, 0.1) is 34.0 Å². The first-order valence-corrected chi connectivity index (χ1v) is 14.2. The lowest BCUT2D eigenvalue weighted by Gasteiger charge is -2.13. The van der Waals surface area contributed by atoms with Crippen molar-refractivity contribution in [1.29, 1.82) is 15.8 Å². The number of para-hydroxylation sites is 3. The Balaban J connectivity index is 1.48. The van der Waals surface area contributed by atoms with Gasteiger partial charge in [-0.25, -0.2) is 0 Å². The number of nitriles is 3. The van der Waals surface area contributed by atoms with E-state index in [9.17, 15) is 15.8 Å². The van der Waals surface area contributed by atoms with Gasteiger partial charge in [0.05, 0.1) is 57.0 Å². The summed E-state index contributed by atoms with van der Waals surface area (Å²) >= 11 is 0.